The number of ether oxygens (including phenoxy) is 1. The van der Waals surface area contributed by atoms with Crippen LogP contribution in [-0.2, 0) is 9.53 Å². The van der Waals surface area contributed by atoms with E-state index in [4.69, 9.17) is 9.15 Å². The van der Waals surface area contributed by atoms with Gasteiger partial charge >= 0.3 is 5.97 Å². The molecule has 94 valence electrons. The lowest BCUT2D eigenvalue weighted by atomic mass is 10.2. The van der Waals surface area contributed by atoms with Gasteiger partial charge in [-0.25, -0.2) is 0 Å². The van der Waals surface area contributed by atoms with E-state index in [1.807, 2.05) is 0 Å². The second kappa shape index (κ2) is 5.52. The predicted octanol–water partition coefficient (Wildman–Crippen LogP) is 1.74. The van der Waals surface area contributed by atoms with Crippen LogP contribution in [0.2, 0.25) is 0 Å². The highest BCUT2D eigenvalue weighted by Crippen LogP contribution is 2.07. The Kier molecular flexibility index (Phi) is 4.31. The first-order valence-corrected chi connectivity index (χ1v) is 5.42. The summed E-state index contributed by atoms with van der Waals surface area (Å²) in [5.74, 6) is -0.440. The molecule has 1 aromatic rings. The van der Waals surface area contributed by atoms with Crippen molar-refractivity contribution in [2.75, 3.05) is 6.54 Å². The Balaban J connectivity index is 2.24. The molecule has 1 aromatic heterocycles. The Bertz CT molecular complexity index is 376. The number of carbonyl (C=O) groups is 2. The Labute approximate surface area is 100 Å². The molecule has 0 atom stereocenters. The monoisotopic (exact) mass is 239 g/mol. The van der Waals surface area contributed by atoms with Crippen molar-refractivity contribution in [3.05, 3.63) is 24.2 Å². The van der Waals surface area contributed by atoms with E-state index in [9.17, 15) is 9.59 Å². The molecule has 0 aromatic carbocycles. The van der Waals surface area contributed by atoms with Gasteiger partial charge in [0.15, 0.2) is 5.76 Å². The molecule has 0 bridgehead atoms. The molecule has 5 nitrogen and oxygen atoms in total. The molecule has 0 aliphatic rings. The third-order valence-electron chi connectivity index (χ3n) is 1.78. The van der Waals surface area contributed by atoms with Gasteiger partial charge in [-0.15, -0.1) is 0 Å². The maximum atomic E-state index is 11.4. The quantitative estimate of drug-likeness (QED) is 0.812. The predicted molar refractivity (Wildman–Crippen MR) is 61.5 cm³/mol. The van der Waals surface area contributed by atoms with Crippen molar-refractivity contribution in [3.63, 3.8) is 0 Å². The van der Waals surface area contributed by atoms with Crippen molar-refractivity contribution >= 4 is 11.9 Å². The first-order chi connectivity index (χ1) is 7.88. The Morgan fingerprint density at radius 2 is 2.12 bits per heavy atom. The Hall–Kier alpha value is -1.78. The van der Waals surface area contributed by atoms with E-state index in [2.05, 4.69) is 5.32 Å². The normalized spacial score (nSPS) is 11.0. The van der Waals surface area contributed by atoms with E-state index in [0.29, 0.717) is 0 Å². The van der Waals surface area contributed by atoms with Crippen molar-refractivity contribution in [1.82, 2.24) is 5.32 Å². The van der Waals surface area contributed by atoms with E-state index in [1.54, 1.807) is 32.9 Å². The summed E-state index contributed by atoms with van der Waals surface area (Å²) in [5, 5.41) is 2.57. The van der Waals surface area contributed by atoms with Gasteiger partial charge in [0.2, 0.25) is 0 Å². The van der Waals surface area contributed by atoms with Gasteiger partial charge in [-0.05, 0) is 32.9 Å². The SMILES string of the molecule is CC(C)(C)OC(=O)CCNC(=O)c1ccco1. The van der Waals surface area contributed by atoms with Crippen molar-refractivity contribution in [1.29, 1.82) is 0 Å². The van der Waals surface area contributed by atoms with Crippen LogP contribution < -0.4 is 5.32 Å². The van der Waals surface area contributed by atoms with Gasteiger partial charge in [0.25, 0.3) is 5.91 Å². The second-order valence-electron chi connectivity index (χ2n) is 4.57. The number of furan rings is 1. The van der Waals surface area contributed by atoms with Crippen molar-refractivity contribution < 1.29 is 18.7 Å². The smallest absolute Gasteiger partial charge is 0.308 e. The molecule has 0 aliphatic heterocycles. The second-order valence-corrected chi connectivity index (χ2v) is 4.57. The molecule has 0 radical (unpaired) electrons. The van der Waals surface area contributed by atoms with Gasteiger partial charge in [-0.2, -0.15) is 0 Å². The summed E-state index contributed by atoms with van der Waals surface area (Å²) in [5.41, 5.74) is -0.498. The molecule has 0 spiro atoms. The highest BCUT2D eigenvalue weighted by Gasteiger charge is 2.16. The Morgan fingerprint density at radius 1 is 1.41 bits per heavy atom. The summed E-state index contributed by atoms with van der Waals surface area (Å²) in [7, 11) is 0. The molecule has 0 saturated carbocycles. The van der Waals surface area contributed by atoms with Crippen LogP contribution >= 0.6 is 0 Å². The minimum absolute atomic E-state index is 0.143. The molecule has 1 heterocycles. The molecule has 0 fully saturated rings. The molecule has 0 saturated heterocycles. The number of rotatable bonds is 4. The molecule has 0 unspecified atom stereocenters. The van der Waals surface area contributed by atoms with E-state index in [1.165, 1.54) is 6.26 Å². The average molecular weight is 239 g/mol. The number of esters is 1. The van der Waals surface area contributed by atoms with E-state index in [0.717, 1.165) is 0 Å². The summed E-state index contributed by atoms with van der Waals surface area (Å²) in [6, 6.07) is 3.19. The average Bonchev–Trinajstić information content (AvgIpc) is 2.66. The van der Waals surface area contributed by atoms with Gasteiger partial charge in [0.1, 0.15) is 5.60 Å². The van der Waals surface area contributed by atoms with E-state index in [-0.39, 0.29) is 30.6 Å². The summed E-state index contributed by atoms with van der Waals surface area (Å²) in [4.78, 5) is 22.7. The van der Waals surface area contributed by atoms with Crippen LogP contribution in [0, 0.1) is 0 Å². The van der Waals surface area contributed by atoms with Gasteiger partial charge in [-0.3, -0.25) is 9.59 Å². The van der Waals surface area contributed by atoms with E-state index >= 15 is 0 Å². The van der Waals surface area contributed by atoms with Crippen molar-refractivity contribution in [3.8, 4) is 0 Å². The molecular formula is C12H17NO4. The fourth-order valence-corrected chi connectivity index (χ4v) is 1.17. The summed E-state index contributed by atoms with van der Waals surface area (Å²) in [6.45, 7) is 5.62. The summed E-state index contributed by atoms with van der Waals surface area (Å²) >= 11 is 0. The van der Waals surface area contributed by atoms with Crippen LogP contribution in [0.3, 0.4) is 0 Å². The lowest BCUT2D eigenvalue weighted by molar-refractivity contribution is -0.154. The highest BCUT2D eigenvalue weighted by molar-refractivity contribution is 5.91. The topological polar surface area (TPSA) is 68.5 Å². The third-order valence-corrected chi connectivity index (χ3v) is 1.78. The van der Waals surface area contributed by atoms with Gasteiger partial charge in [0, 0.05) is 6.54 Å². The molecule has 5 heteroatoms. The van der Waals surface area contributed by atoms with Crippen LogP contribution in [0.25, 0.3) is 0 Å². The van der Waals surface area contributed by atoms with Crippen LogP contribution in [-0.4, -0.2) is 24.0 Å². The lowest BCUT2D eigenvalue weighted by Gasteiger charge is -2.19. The standard InChI is InChI=1S/C12H17NO4/c1-12(2,3)17-10(14)6-7-13-11(15)9-5-4-8-16-9/h4-5,8H,6-7H2,1-3H3,(H,13,15). The largest absolute Gasteiger partial charge is 0.460 e. The third kappa shape index (κ3) is 5.19. The van der Waals surface area contributed by atoms with Crippen molar-refractivity contribution in [2.45, 2.75) is 32.8 Å². The van der Waals surface area contributed by atoms with Gasteiger partial charge < -0.3 is 14.5 Å². The number of amides is 1. The number of hydrogen-bond donors (Lipinski definition) is 1. The van der Waals surface area contributed by atoms with Gasteiger partial charge in [-0.1, -0.05) is 0 Å². The summed E-state index contributed by atoms with van der Waals surface area (Å²) in [6.07, 6.45) is 1.56. The lowest BCUT2D eigenvalue weighted by Crippen LogP contribution is -2.29. The minimum Gasteiger partial charge on any atom is -0.460 e. The fraction of sp³-hybridized carbons (Fsp3) is 0.500. The zero-order chi connectivity index (χ0) is 12.9. The van der Waals surface area contributed by atoms with E-state index < -0.39 is 5.60 Å². The van der Waals surface area contributed by atoms with Crippen LogP contribution in [0.1, 0.15) is 37.7 Å². The number of carbonyl (C=O) groups excluding carboxylic acids is 2. The molecule has 1 N–H and O–H groups in total. The molecular weight excluding hydrogens is 222 g/mol. The number of hydrogen-bond acceptors (Lipinski definition) is 4. The summed E-state index contributed by atoms with van der Waals surface area (Å²) < 4.78 is 10.0. The maximum Gasteiger partial charge on any atom is 0.308 e. The van der Waals surface area contributed by atoms with Crippen molar-refractivity contribution in [2.24, 2.45) is 0 Å². The van der Waals surface area contributed by atoms with Crippen LogP contribution in [0.15, 0.2) is 22.8 Å². The zero-order valence-electron chi connectivity index (χ0n) is 10.3. The van der Waals surface area contributed by atoms with Crippen LogP contribution in [0.4, 0.5) is 0 Å². The molecule has 1 rings (SSSR count). The highest BCUT2D eigenvalue weighted by atomic mass is 16.6. The number of nitrogens with one attached hydrogen (secondary N) is 1. The van der Waals surface area contributed by atoms with Crippen LogP contribution in [0.5, 0.6) is 0 Å². The molecule has 17 heavy (non-hydrogen) atoms. The molecule has 0 aliphatic carbocycles. The zero-order valence-corrected chi connectivity index (χ0v) is 10.3. The Morgan fingerprint density at radius 3 is 2.65 bits per heavy atom. The fourth-order valence-electron chi connectivity index (χ4n) is 1.17. The first-order valence-electron chi connectivity index (χ1n) is 5.42. The molecule has 1 amide bonds. The minimum atomic E-state index is -0.498. The van der Waals surface area contributed by atoms with Gasteiger partial charge in [0.05, 0.1) is 12.7 Å². The maximum absolute atomic E-state index is 11.4. The first kappa shape index (κ1) is 13.3.